The van der Waals surface area contributed by atoms with Gasteiger partial charge in [0.2, 0.25) is 0 Å². The number of hydrogen-bond acceptors (Lipinski definition) is 6. The lowest BCUT2D eigenvalue weighted by atomic mass is 10.2. The maximum Gasteiger partial charge on any atom is 0.251 e. The van der Waals surface area contributed by atoms with Gasteiger partial charge >= 0.3 is 0 Å². The van der Waals surface area contributed by atoms with Crippen molar-refractivity contribution in [1.82, 2.24) is 15.3 Å². The second-order valence-corrected chi connectivity index (χ2v) is 6.96. The predicted molar refractivity (Wildman–Crippen MR) is 98.2 cm³/mol. The summed E-state index contributed by atoms with van der Waals surface area (Å²) >= 11 is 1.70. The summed E-state index contributed by atoms with van der Waals surface area (Å²) in [4.78, 5) is 25.4. The molecule has 3 rings (SSSR count). The standard InChI is InChI=1S/C17H23N5OS/c1-21(2)15-11-13(5-7-18-15)16(23)19-8-6-14-12-24-17(20-14)22-9-3-4-10-22/h5,7,11-12H,3-4,6,8-10H2,1-2H3,(H,19,23). The van der Waals surface area contributed by atoms with Crippen molar-refractivity contribution in [2.75, 3.05) is 43.5 Å². The summed E-state index contributed by atoms with van der Waals surface area (Å²) < 4.78 is 0. The smallest absolute Gasteiger partial charge is 0.251 e. The zero-order chi connectivity index (χ0) is 16.9. The third kappa shape index (κ3) is 4.03. The summed E-state index contributed by atoms with van der Waals surface area (Å²) in [6, 6.07) is 3.53. The fourth-order valence-corrected chi connectivity index (χ4v) is 3.59. The van der Waals surface area contributed by atoms with E-state index < -0.39 is 0 Å². The number of rotatable bonds is 6. The van der Waals surface area contributed by atoms with Gasteiger partial charge in [0.1, 0.15) is 5.82 Å². The number of carbonyl (C=O) groups excluding carboxylic acids is 1. The van der Waals surface area contributed by atoms with Gasteiger partial charge in [-0.15, -0.1) is 11.3 Å². The first-order valence-electron chi connectivity index (χ1n) is 8.24. The minimum absolute atomic E-state index is 0.0736. The SMILES string of the molecule is CN(C)c1cc(C(=O)NCCc2csc(N3CCCC3)n2)ccn1. The number of anilines is 2. The van der Waals surface area contributed by atoms with E-state index in [1.807, 2.05) is 19.0 Å². The van der Waals surface area contributed by atoms with Crippen LogP contribution in [-0.2, 0) is 6.42 Å². The van der Waals surface area contributed by atoms with Crippen LogP contribution in [-0.4, -0.2) is 49.6 Å². The van der Waals surface area contributed by atoms with Gasteiger partial charge in [-0.1, -0.05) is 0 Å². The highest BCUT2D eigenvalue weighted by Gasteiger charge is 2.15. The highest BCUT2D eigenvalue weighted by Crippen LogP contribution is 2.24. The van der Waals surface area contributed by atoms with Crippen LogP contribution in [0.5, 0.6) is 0 Å². The van der Waals surface area contributed by atoms with E-state index in [0.29, 0.717) is 12.1 Å². The maximum absolute atomic E-state index is 12.2. The van der Waals surface area contributed by atoms with Crippen molar-refractivity contribution in [3.8, 4) is 0 Å². The molecule has 0 spiro atoms. The van der Waals surface area contributed by atoms with Crippen molar-refractivity contribution < 1.29 is 4.79 Å². The van der Waals surface area contributed by atoms with Gasteiger partial charge < -0.3 is 15.1 Å². The van der Waals surface area contributed by atoms with Crippen LogP contribution in [0.2, 0.25) is 0 Å². The molecule has 0 radical (unpaired) electrons. The van der Waals surface area contributed by atoms with Gasteiger partial charge in [-0.3, -0.25) is 4.79 Å². The lowest BCUT2D eigenvalue weighted by Gasteiger charge is -2.12. The summed E-state index contributed by atoms with van der Waals surface area (Å²) in [5.41, 5.74) is 1.68. The molecule has 1 aliphatic rings. The molecule has 0 atom stereocenters. The average Bonchev–Trinajstić information content (AvgIpc) is 3.26. The van der Waals surface area contributed by atoms with Crippen LogP contribution in [0.15, 0.2) is 23.7 Å². The molecule has 1 saturated heterocycles. The molecule has 7 heteroatoms. The van der Waals surface area contributed by atoms with E-state index in [-0.39, 0.29) is 5.91 Å². The minimum atomic E-state index is -0.0736. The zero-order valence-corrected chi connectivity index (χ0v) is 15.0. The number of nitrogens with one attached hydrogen (secondary N) is 1. The van der Waals surface area contributed by atoms with Crippen molar-refractivity contribution in [3.05, 3.63) is 35.0 Å². The van der Waals surface area contributed by atoms with Crippen LogP contribution in [0.4, 0.5) is 10.9 Å². The van der Waals surface area contributed by atoms with E-state index in [1.165, 1.54) is 12.8 Å². The molecule has 1 aliphatic heterocycles. The summed E-state index contributed by atoms with van der Waals surface area (Å²) in [7, 11) is 3.81. The van der Waals surface area contributed by atoms with Crippen LogP contribution in [0.25, 0.3) is 0 Å². The number of thiazole rings is 1. The molecule has 0 aliphatic carbocycles. The number of carbonyl (C=O) groups is 1. The third-order valence-corrected chi connectivity index (χ3v) is 5.00. The Morgan fingerprint density at radius 2 is 2.17 bits per heavy atom. The Kier molecular flexibility index (Phi) is 5.30. The molecule has 3 heterocycles. The Bertz CT molecular complexity index is 694. The van der Waals surface area contributed by atoms with Crippen molar-refractivity contribution in [2.24, 2.45) is 0 Å². The molecule has 1 N–H and O–H groups in total. The molecule has 1 fully saturated rings. The van der Waals surface area contributed by atoms with Gasteiger partial charge in [0.05, 0.1) is 5.69 Å². The average molecular weight is 345 g/mol. The molecule has 0 bridgehead atoms. The van der Waals surface area contributed by atoms with E-state index in [1.54, 1.807) is 29.7 Å². The van der Waals surface area contributed by atoms with Gasteiger partial charge in [0.15, 0.2) is 5.13 Å². The van der Waals surface area contributed by atoms with E-state index in [9.17, 15) is 4.79 Å². The van der Waals surface area contributed by atoms with E-state index >= 15 is 0 Å². The highest BCUT2D eigenvalue weighted by molar-refractivity contribution is 7.13. The number of nitrogens with zero attached hydrogens (tertiary/aromatic N) is 4. The first kappa shape index (κ1) is 16.7. The summed E-state index contributed by atoms with van der Waals surface area (Å²) in [6.45, 7) is 2.81. The number of amides is 1. The lowest BCUT2D eigenvalue weighted by Crippen LogP contribution is -2.26. The number of aromatic nitrogens is 2. The number of hydrogen-bond donors (Lipinski definition) is 1. The fraction of sp³-hybridized carbons (Fsp3) is 0.471. The Balaban J connectivity index is 1.51. The van der Waals surface area contributed by atoms with Crippen LogP contribution >= 0.6 is 11.3 Å². The van der Waals surface area contributed by atoms with Crippen molar-refractivity contribution in [2.45, 2.75) is 19.3 Å². The van der Waals surface area contributed by atoms with Gasteiger partial charge in [0, 0.05) is 57.3 Å². The predicted octanol–water partition coefficient (Wildman–Crippen LogP) is 2.18. The van der Waals surface area contributed by atoms with Crippen LogP contribution in [0, 0.1) is 0 Å². The molecule has 0 saturated carbocycles. The van der Waals surface area contributed by atoms with Crippen LogP contribution in [0.1, 0.15) is 28.9 Å². The first-order chi connectivity index (χ1) is 11.6. The van der Waals surface area contributed by atoms with Gasteiger partial charge in [-0.2, -0.15) is 0 Å². The van der Waals surface area contributed by atoms with Crippen molar-refractivity contribution in [1.29, 1.82) is 0 Å². The lowest BCUT2D eigenvalue weighted by molar-refractivity contribution is 0.0954. The summed E-state index contributed by atoms with van der Waals surface area (Å²) in [6.07, 6.45) is 4.92. The topological polar surface area (TPSA) is 61.4 Å². The second kappa shape index (κ2) is 7.61. The molecule has 1 amide bonds. The first-order valence-corrected chi connectivity index (χ1v) is 9.12. The molecule has 2 aromatic heterocycles. The minimum Gasteiger partial charge on any atom is -0.363 e. The zero-order valence-electron chi connectivity index (χ0n) is 14.2. The van der Waals surface area contributed by atoms with E-state index in [0.717, 1.165) is 36.2 Å². The Morgan fingerprint density at radius 1 is 1.38 bits per heavy atom. The molecule has 0 unspecified atom stereocenters. The highest BCUT2D eigenvalue weighted by atomic mass is 32.1. The Morgan fingerprint density at radius 3 is 2.92 bits per heavy atom. The largest absolute Gasteiger partial charge is 0.363 e. The van der Waals surface area contributed by atoms with Gasteiger partial charge in [0.25, 0.3) is 5.91 Å². The molecular formula is C17H23N5OS. The Hall–Kier alpha value is -2.15. The normalized spacial score (nSPS) is 14.0. The third-order valence-electron chi connectivity index (χ3n) is 4.05. The molecule has 128 valence electrons. The van der Waals surface area contributed by atoms with E-state index in [4.69, 9.17) is 0 Å². The molecular weight excluding hydrogens is 322 g/mol. The number of pyridine rings is 1. The molecule has 6 nitrogen and oxygen atoms in total. The van der Waals surface area contributed by atoms with Crippen molar-refractivity contribution >= 4 is 28.2 Å². The Labute approximate surface area is 146 Å². The van der Waals surface area contributed by atoms with Crippen LogP contribution < -0.4 is 15.1 Å². The van der Waals surface area contributed by atoms with Gasteiger partial charge in [-0.25, -0.2) is 9.97 Å². The fourth-order valence-electron chi connectivity index (χ4n) is 2.68. The van der Waals surface area contributed by atoms with Crippen LogP contribution in [0.3, 0.4) is 0 Å². The quantitative estimate of drug-likeness (QED) is 0.869. The van der Waals surface area contributed by atoms with E-state index in [2.05, 4.69) is 25.6 Å². The monoisotopic (exact) mass is 345 g/mol. The summed E-state index contributed by atoms with van der Waals surface area (Å²) in [5.74, 6) is 0.702. The maximum atomic E-state index is 12.2. The summed E-state index contributed by atoms with van der Waals surface area (Å²) in [5, 5.41) is 6.16. The van der Waals surface area contributed by atoms with Gasteiger partial charge in [-0.05, 0) is 25.0 Å². The second-order valence-electron chi connectivity index (χ2n) is 6.12. The molecule has 2 aromatic rings. The van der Waals surface area contributed by atoms with Crippen molar-refractivity contribution in [3.63, 3.8) is 0 Å². The molecule has 0 aromatic carbocycles. The molecule has 24 heavy (non-hydrogen) atoms.